The summed E-state index contributed by atoms with van der Waals surface area (Å²) in [5.74, 6) is -1.09. The molecule has 0 heterocycles. The van der Waals surface area contributed by atoms with Gasteiger partial charge in [-0.15, -0.1) is 0 Å². The molecule has 0 spiro atoms. The third-order valence-corrected chi connectivity index (χ3v) is 8.29. The Labute approximate surface area is 208 Å². The lowest BCUT2D eigenvalue weighted by Crippen LogP contribution is -2.36. The van der Waals surface area contributed by atoms with Gasteiger partial charge in [0.2, 0.25) is 0 Å². The fraction of sp³-hybridized carbons (Fsp3) is 0.276. The summed E-state index contributed by atoms with van der Waals surface area (Å²) in [6, 6.07) is 27.5. The van der Waals surface area contributed by atoms with E-state index < -0.39 is 27.0 Å². The Morgan fingerprint density at radius 3 is 1.94 bits per heavy atom. The molecule has 0 amide bonds. The van der Waals surface area contributed by atoms with E-state index in [1.165, 1.54) is 0 Å². The van der Waals surface area contributed by atoms with Gasteiger partial charge in [0.15, 0.2) is 9.84 Å². The van der Waals surface area contributed by atoms with Gasteiger partial charge in [-0.1, -0.05) is 85.4 Å². The first-order valence-corrected chi connectivity index (χ1v) is 13.3. The molecule has 0 bridgehead atoms. The maximum Gasteiger partial charge on any atom is 0.306 e. The minimum atomic E-state index is -3.87. The van der Waals surface area contributed by atoms with Crippen molar-refractivity contribution in [1.29, 1.82) is 0 Å². The lowest BCUT2D eigenvalue weighted by Gasteiger charge is -2.30. The Morgan fingerprint density at radius 2 is 1.40 bits per heavy atom. The summed E-state index contributed by atoms with van der Waals surface area (Å²) < 4.78 is 33.2. The van der Waals surface area contributed by atoms with Crippen LogP contribution in [0.1, 0.15) is 43.4 Å². The van der Waals surface area contributed by atoms with Gasteiger partial charge in [-0.2, -0.15) is 0 Å². The van der Waals surface area contributed by atoms with Crippen LogP contribution < -0.4 is 5.32 Å². The van der Waals surface area contributed by atoms with Gasteiger partial charge in [-0.05, 0) is 42.7 Å². The van der Waals surface area contributed by atoms with E-state index in [0.29, 0.717) is 5.57 Å². The van der Waals surface area contributed by atoms with Crippen LogP contribution in [0.3, 0.4) is 0 Å². The van der Waals surface area contributed by atoms with E-state index in [1.54, 1.807) is 37.3 Å². The van der Waals surface area contributed by atoms with E-state index in [9.17, 15) is 13.2 Å². The maximum atomic E-state index is 14.0. The average Bonchev–Trinajstić information content (AvgIpc) is 2.88. The molecule has 0 unspecified atom stereocenters. The summed E-state index contributed by atoms with van der Waals surface area (Å²) in [5, 5.41) is 2.39. The number of rotatable bonds is 12. The van der Waals surface area contributed by atoms with Gasteiger partial charge in [0.25, 0.3) is 0 Å². The van der Waals surface area contributed by atoms with E-state index in [4.69, 9.17) is 4.74 Å². The number of benzene rings is 3. The van der Waals surface area contributed by atoms with Crippen LogP contribution in [0, 0.1) is 0 Å². The molecule has 0 aliphatic carbocycles. The summed E-state index contributed by atoms with van der Waals surface area (Å²) in [4.78, 5) is 12.8. The molecule has 0 aliphatic rings. The Balaban J connectivity index is 2.00. The highest BCUT2D eigenvalue weighted by atomic mass is 32.2. The lowest BCUT2D eigenvalue weighted by molar-refractivity contribution is -0.143. The SMILES string of the molecule is C=C(CN[C@@H](C)c1ccccc1)[C@H]([C@@H](CC(=O)OCC)c1ccccc1)S(=O)(=O)c1ccccc1. The normalized spacial score (nSPS) is 14.0. The van der Waals surface area contributed by atoms with Crippen LogP contribution in [-0.4, -0.2) is 32.8 Å². The molecule has 0 aliphatic heterocycles. The first-order valence-electron chi connectivity index (χ1n) is 11.8. The summed E-state index contributed by atoms with van der Waals surface area (Å²) in [5.41, 5.74) is 2.34. The Bertz CT molecular complexity index is 1200. The van der Waals surface area contributed by atoms with Crippen molar-refractivity contribution in [2.75, 3.05) is 13.2 Å². The largest absolute Gasteiger partial charge is 0.466 e. The summed E-state index contributed by atoms with van der Waals surface area (Å²) in [7, 11) is -3.87. The van der Waals surface area contributed by atoms with Crippen LogP contribution in [0.25, 0.3) is 0 Å². The van der Waals surface area contributed by atoms with Crippen LogP contribution >= 0.6 is 0 Å². The van der Waals surface area contributed by atoms with E-state index in [1.807, 2.05) is 67.6 Å². The molecule has 0 aromatic heterocycles. The van der Waals surface area contributed by atoms with Crippen molar-refractivity contribution in [3.63, 3.8) is 0 Å². The minimum absolute atomic E-state index is 0.00624. The molecular formula is C29H33NO4S. The van der Waals surface area contributed by atoms with Crippen LogP contribution in [0.4, 0.5) is 0 Å². The molecular weight excluding hydrogens is 458 g/mol. The van der Waals surface area contributed by atoms with Gasteiger partial charge in [0.1, 0.15) is 0 Å². The number of carbonyl (C=O) groups is 1. The van der Waals surface area contributed by atoms with E-state index >= 15 is 0 Å². The molecule has 6 heteroatoms. The average molecular weight is 492 g/mol. The van der Waals surface area contributed by atoms with Gasteiger partial charge in [-0.25, -0.2) is 8.42 Å². The standard InChI is InChI=1S/C29H33NO4S/c1-4-34-28(31)20-27(25-16-10-6-11-17-25)29(35(32,33)26-18-12-7-13-19-26)22(2)21-30-23(3)24-14-8-5-9-15-24/h5-19,23,27,29-30H,2,4,20-21H2,1,3H3/t23-,27-,29+/m0/s1. The molecule has 0 saturated heterocycles. The lowest BCUT2D eigenvalue weighted by atomic mass is 9.88. The molecule has 0 radical (unpaired) electrons. The van der Waals surface area contributed by atoms with E-state index in [-0.39, 0.29) is 30.5 Å². The summed E-state index contributed by atoms with van der Waals surface area (Å²) in [6.07, 6.45) is -0.0676. The molecule has 3 rings (SSSR count). The Kier molecular flexibility index (Phi) is 9.40. The number of carbonyl (C=O) groups excluding carboxylic acids is 1. The maximum absolute atomic E-state index is 14.0. The van der Waals surface area contributed by atoms with E-state index in [0.717, 1.165) is 11.1 Å². The predicted octanol–water partition coefficient (Wildman–Crippen LogP) is 5.47. The fourth-order valence-electron chi connectivity index (χ4n) is 4.22. The van der Waals surface area contributed by atoms with Crippen LogP contribution in [0.5, 0.6) is 0 Å². The second kappa shape index (κ2) is 12.5. The van der Waals surface area contributed by atoms with Crippen LogP contribution in [-0.2, 0) is 19.4 Å². The molecule has 5 nitrogen and oxygen atoms in total. The summed E-state index contributed by atoms with van der Waals surface area (Å²) >= 11 is 0. The number of hydrogen-bond donors (Lipinski definition) is 1. The fourth-order valence-corrected chi connectivity index (χ4v) is 6.26. The highest BCUT2D eigenvalue weighted by Gasteiger charge is 2.39. The van der Waals surface area contributed by atoms with Gasteiger partial charge in [-0.3, -0.25) is 4.79 Å². The second-order valence-electron chi connectivity index (χ2n) is 8.48. The monoisotopic (exact) mass is 491 g/mol. The highest BCUT2D eigenvalue weighted by Crippen LogP contribution is 2.36. The van der Waals surface area contributed by atoms with E-state index in [2.05, 4.69) is 11.9 Å². The van der Waals surface area contributed by atoms with Gasteiger partial charge in [0, 0.05) is 18.5 Å². The predicted molar refractivity (Wildman–Crippen MR) is 140 cm³/mol. The molecule has 0 saturated carbocycles. The van der Waals surface area contributed by atoms with Crippen molar-refractivity contribution in [2.45, 2.75) is 42.4 Å². The van der Waals surface area contributed by atoms with Crippen molar-refractivity contribution in [3.8, 4) is 0 Å². The minimum Gasteiger partial charge on any atom is -0.466 e. The molecule has 3 aromatic rings. The summed E-state index contributed by atoms with van der Waals surface area (Å²) in [6.45, 7) is 8.49. The van der Waals surface area contributed by atoms with Crippen molar-refractivity contribution in [1.82, 2.24) is 5.32 Å². The highest BCUT2D eigenvalue weighted by molar-refractivity contribution is 7.92. The smallest absolute Gasteiger partial charge is 0.306 e. The Hall–Kier alpha value is -3.22. The molecule has 0 fully saturated rings. The van der Waals surface area contributed by atoms with Crippen LogP contribution in [0.2, 0.25) is 0 Å². The molecule has 3 atom stereocenters. The first kappa shape index (κ1) is 26.4. The Morgan fingerprint density at radius 1 is 0.886 bits per heavy atom. The van der Waals surface area contributed by atoms with Gasteiger partial charge < -0.3 is 10.1 Å². The van der Waals surface area contributed by atoms with Crippen molar-refractivity contribution < 1.29 is 17.9 Å². The zero-order valence-electron chi connectivity index (χ0n) is 20.3. The first-order chi connectivity index (χ1) is 16.8. The number of ether oxygens (including phenoxy) is 1. The molecule has 1 N–H and O–H groups in total. The third kappa shape index (κ3) is 6.90. The zero-order chi connectivity index (χ0) is 25.3. The molecule has 35 heavy (non-hydrogen) atoms. The number of esters is 1. The van der Waals surface area contributed by atoms with Crippen LogP contribution in [0.15, 0.2) is 108 Å². The molecule has 3 aromatic carbocycles. The van der Waals surface area contributed by atoms with Crippen molar-refractivity contribution in [3.05, 3.63) is 114 Å². The number of hydrogen-bond acceptors (Lipinski definition) is 5. The van der Waals surface area contributed by atoms with Crippen molar-refractivity contribution in [2.24, 2.45) is 0 Å². The second-order valence-corrected chi connectivity index (χ2v) is 10.5. The number of nitrogens with one attached hydrogen (secondary N) is 1. The topological polar surface area (TPSA) is 72.5 Å². The zero-order valence-corrected chi connectivity index (χ0v) is 21.1. The quantitative estimate of drug-likeness (QED) is 0.269. The van der Waals surface area contributed by atoms with Crippen molar-refractivity contribution >= 4 is 15.8 Å². The third-order valence-electron chi connectivity index (χ3n) is 6.03. The van der Waals surface area contributed by atoms with Gasteiger partial charge in [0.05, 0.1) is 23.2 Å². The van der Waals surface area contributed by atoms with Gasteiger partial charge >= 0.3 is 5.97 Å². The number of sulfone groups is 1. The molecule has 184 valence electrons.